The van der Waals surface area contributed by atoms with Gasteiger partial charge in [-0.05, 0) is 0 Å². The number of ether oxygens (including phenoxy) is 2. The van der Waals surface area contributed by atoms with Gasteiger partial charge in [-0.1, -0.05) is 0 Å². The van der Waals surface area contributed by atoms with Gasteiger partial charge in [0.2, 0.25) is 0 Å². The molecule has 136 valence electrons. The fourth-order valence-electron chi connectivity index (χ4n) is 1.55. The molecule has 0 spiro atoms. The molecule has 23 heavy (non-hydrogen) atoms. The average molecular weight is 341 g/mol. The van der Waals surface area contributed by atoms with Crippen LogP contribution < -0.4 is 5.32 Å². The Balaban J connectivity index is 3.70. The van der Waals surface area contributed by atoms with Gasteiger partial charge in [-0.15, -0.1) is 0 Å². The van der Waals surface area contributed by atoms with Crippen LogP contribution in [-0.2, 0) is 28.8 Å². The quantitative estimate of drug-likeness (QED) is 0.137. The summed E-state index contributed by atoms with van der Waals surface area (Å²) in [5.74, 6) is -2.57. The molecular formula is C12H23NO10. The maximum Gasteiger partial charge on any atom is 0.333 e. The molecule has 0 bridgehead atoms. The summed E-state index contributed by atoms with van der Waals surface area (Å²) >= 11 is 0. The molecule has 0 aliphatic carbocycles. The predicted octanol–water partition coefficient (Wildman–Crippen LogP) is -0.725. The van der Waals surface area contributed by atoms with Crippen molar-refractivity contribution in [2.24, 2.45) is 0 Å². The largest absolute Gasteiger partial charge is 0.481 e. The van der Waals surface area contributed by atoms with Crippen LogP contribution in [0.5, 0.6) is 0 Å². The second-order valence-electron chi connectivity index (χ2n) is 4.46. The summed E-state index contributed by atoms with van der Waals surface area (Å²) in [6.07, 6.45) is -2.10. The molecule has 2 atom stereocenters. The van der Waals surface area contributed by atoms with Crippen molar-refractivity contribution in [2.75, 3.05) is 39.5 Å². The van der Waals surface area contributed by atoms with E-state index in [-0.39, 0.29) is 26.4 Å². The monoisotopic (exact) mass is 341 g/mol. The molecule has 0 aliphatic heterocycles. The third-order valence-electron chi connectivity index (χ3n) is 2.66. The molecule has 0 saturated carbocycles. The number of aliphatic carboxylic acids is 2. The van der Waals surface area contributed by atoms with Crippen LogP contribution in [0.2, 0.25) is 0 Å². The molecule has 2 unspecified atom stereocenters. The van der Waals surface area contributed by atoms with Crippen molar-refractivity contribution in [3.8, 4) is 0 Å². The Bertz CT molecular complexity index is 327. The van der Waals surface area contributed by atoms with E-state index in [1.807, 2.05) is 0 Å². The van der Waals surface area contributed by atoms with Crippen LogP contribution in [0.4, 0.5) is 0 Å². The second-order valence-corrected chi connectivity index (χ2v) is 4.46. The van der Waals surface area contributed by atoms with Gasteiger partial charge in [-0.2, -0.15) is 0 Å². The predicted molar refractivity (Wildman–Crippen MR) is 74.0 cm³/mol. The van der Waals surface area contributed by atoms with Gasteiger partial charge < -0.3 is 25.0 Å². The van der Waals surface area contributed by atoms with Gasteiger partial charge in [0.1, 0.15) is 6.61 Å². The zero-order chi connectivity index (χ0) is 17.5. The van der Waals surface area contributed by atoms with Gasteiger partial charge in [-0.25, -0.2) is 14.6 Å². The van der Waals surface area contributed by atoms with Gasteiger partial charge in [0.05, 0.1) is 32.3 Å². The zero-order valence-corrected chi connectivity index (χ0v) is 12.5. The summed E-state index contributed by atoms with van der Waals surface area (Å²) in [7, 11) is 0. The third-order valence-corrected chi connectivity index (χ3v) is 2.66. The van der Waals surface area contributed by atoms with Crippen LogP contribution in [0, 0.1) is 0 Å². The van der Waals surface area contributed by atoms with Crippen molar-refractivity contribution in [1.29, 1.82) is 0 Å². The van der Waals surface area contributed by atoms with E-state index >= 15 is 0 Å². The van der Waals surface area contributed by atoms with E-state index in [9.17, 15) is 9.59 Å². The highest BCUT2D eigenvalue weighted by atomic mass is 17.1. The van der Waals surface area contributed by atoms with Gasteiger partial charge in [0.15, 0.2) is 6.10 Å². The Hall–Kier alpha value is -1.34. The van der Waals surface area contributed by atoms with E-state index in [0.717, 1.165) is 0 Å². The van der Waals surface area contributed by atoms with Gasteiger partial charge >= 0.3 is 11.9 Å². The van der Waals surface area contributed by atoms with E-state index in [0.29, 0.717) is 19.5 Å². The van der Waals surface area contributed by atoms with Crippen LogP contribution in [-0.4, -0.2) is 84.4 Å². The average Bonchev–Trinajstić information content (AvgIpc) is 2.49. The number of carboxylic acids is 2. The molecule has 0 fully saturated rings. The first-order valence-corrected chi connectivity index (χ1v) is 6.92. The Morgan fingerprint density at radius 1 is 0.957 bits per heavy atom. The van der Waals surface area contributed by atoms with Crippen LogP contribution >= 0.6 is 0 Å². The van der Waals surface area contributed by atoms with Gasteiger partial charge in [0.25, 0.3) is 0 Å². The van der Waals surface area contributed by atoms with E-state index in [1.54, 1.807) is 0 Å². The topological polar surface area (TPSA) is 164 Å². The Kier molecular flexibility index (Phi) is 13.4. The second kappa shape index (κ2) is 14.3. The maximum absolute atomic E-state index is 10.7. The molecule has 5 N–H and O–H groups in total. The summed E-state index contributed by atoms with van der Waals surface area (Å²) in [4.78, 5) is 29.1. The lowest BCUT2D eigenvalue weighted by atomic mass is 10.2. The molecule has 0 rings (SSSR count). The molecule has 0 aromatic carbocycles. The standard InChI is InChI=1S/C12H23NO10/c14-11(15)7-10(12(16)17)21-6-3-13-2-5-20-9(8-23-19)1-4-22-18/h9-10,13,18-19H,1-8H2,(H,14,15)(H,16,17). The third kappa shape index (κ3) is 12.9. The van der Waals surface area contributed by atoms with Crippen molar-refractivity contribution in [1.82, 2.24) is 5.32 Å². The highest BCUT2D eigenvalue weighted by Crippen LogP contribution is 2.00. The van der Waals surface area contributed by atoms with E-state index < -0.39 is 30.6 Å². The van der Waals surface area contributed by atoms with Crippen molar-refractivity contribution in [3.05, 3.63) is 0 Å². The summed E-state index contributed by atoms with van der Waals surface area (Å²) in [6, 6.07) is 0. The SMILES string of the molecule is O=C(O)CC(OCCNCCOC(CCOO)COO)C(=O)O. The first-order valence-electron chi connectivity index (χ1n) is 6.92. The van der Waals surface area contributed by atoms with Crippen molar-refractivity contribution >= 4 is 11.9 Å². The summed E-state index contributed by atoms with van der Waals surface area (Å²) in [6.45, 7) is 1.01. The molecule has 11 heteroatoms. The van der Waals surface area contributed by atoms with Crippen molar-refractivity contribution in [2.45, 2.75) is 25.0 Å². The van der Waals surface area contributed by atoms with Crippen molar-refractivity contribution in [3.63, 3.8) is 0 Å². The lowest BCUT2D eigenvalue weighted by Gasteiger charge is -2.16. The minimum Gasteiger partial charge on any atom is -0.481 e. The molecule has 0 aromatic heterocycles. The minimum absolute atomic E-state index is 0.0335. The number of carboxylic acid groups (broad SMARTS) is 2. The molecule has 0 aromatic rings. The molecule has 11 nitrogen and oxygen atoms in total. The summed E-state index contributed by atoms with van der Waals surface area (Å²) in [5, 5.41) is 36.8. The normalized spacial score (nSPS) is 13.7. The number of hydrogen-bond acceptors (Lipinski definition) is 9. The molecule has 0 heterocycles. The maximum atomic E-state index is 10.7. The fraction of sp³-hybridized carbons (Fsp3) is 0.833. The molecule has 0 aliphatic rings. The van der Waals surface area contributed by atoms with E-state index in [1.165, 1.54) is 0 Å². The van der Waals surface area contributed by atoms with Gasteiger partial charge in [-0.3, -0.25) is 15.3 Å². The van der Waals surface area contributed by atoms with Crippen LogP contribution in [0.15, 0.2) is 0 Å². The highest BCUT2D eigenvalue weighted by molar-refractivity contribution is 5.79. The lowest BCUT2D eigenvalue weighted by molar-refractivity contribution is -0.271. The Morgan fingerprint density at radius 2 is 1.61 bits per heavy atom. The molecule has 0 radical (unpaired) electrons. The number of hydrogen-bond donors (Lipinski definition) is 5. The number of rotatable bonds is 16. The lowest BCUT2D eigenvalue weighted by Crippen LogP contribution is -2.32. The first kappa shape index (κ1) is 21.7. The van der Waals surface area contributed by atoms with E-state index in [2.05, 4.69) is 15.1 Å². The Morgan fingerprint density at radius 3 is 2.13 bits per heavy atom. The Labute approximate surface area is 132 Å². The molecule has 0 amide bonds. The van der Waals surface area contributed by atoms with Crippen LogP contribution in [0.25, 0.3) is 0 Å². The van der Waals surface area contributed by atoms with Gasteiger partial charge in [0, 0.05) is 19.5 Å². The summed E-state index contributed by atoms with van der Waals surface area (Å²) in [5.41, 5.74) is 0. The number of nitrogens with one attached hydrogen (secondary N) is 1. The van der Waals surface area contributed by atoms with Crippen LogP contribution in [0.1, 0.15) is 12.8 Å². The van der Waals surface area contributed by atoms with Crippen molar-refractivity contribution < 1.29 is 49.6 Å². The van der Waals surface area contributed by atoms with E-state index in [4.69, 9.17) is 30.2 Å². The minimum atomic E-state index is -1.38. The zero-order valence-electron chi connectivity index (χ0n) is 12.5. The summed E-state index contributed by atoms with van der Waals surface area (Å²) < 4.78 is 10.3. The smallest absolute Gasteiger partial charge is 0.333 e. The number of carbonyl (C=O) groups is 2. The fourth-order valence-corrected chi connectivity index (χ4v) is 1.55. The first-order chi connectivity index (χ1) is 11.0. The highest BCUT2D eigenvalue weighted by Gasteiger charge is 2.21. The molecule has 0 saturated heterocycles. The van der Waals surface area contributed by atoms with Crippen LogP contribution in [0.3, 0.4) is 0 Å². The molecular weight excluding hydrogens is 318 g/mol.